The van der Waals surface area contributed by atoms with E-state index in [2.05, 4.69) is 15.5 Å². The Balaban J connectivity index is 1.81. The van der Waals surface area contributed by atoms with Crippen LogP contribution in [0.15, 0.2) is 18.3 Å². The second-order valence-corrected chi connectivity index (χ2v) is 5.97. The molecule has 0 fully saturated rings. The number of nitrogens with zero attached hydrogens (tertiary/aromatic N) is 4. The molecule has 0 unspecified atom stereocenters. The van der Waals surface area contributed by atoms with Crippen LogP contribution in [0.5, 0.6) is 0 Å². The van der Waals surface area contributed by atoms with E-state index in [-0.39, 0.29) is 11.9 Å². The van der Waals surface area contributed by atoms with Crippen molar-refractivity contribution in [3.63, 3.8) is 0 Å². The van der Waals surface area contributed by atoms with Crippen molar-refractivity contribution in [1.29, 1.82) is 0 Å². The fourth-order valence-electron chi connectivity index (χ4n) is 2.72. The van der Waals surface area contributed by atoms with Crippen molar-refractivity contribution >= 4 is 11.7 Å². The largest absolute Gasteiger partial charge is 0.305 e. The molecular formula is C17H15F4N5O. The van der Waals surface area contributed by atoms with Gasteiger partial charge in [-0.15, -0.1) is 0 Å². The molecule has 0 saturated carbocycles. The van der Waals surface area contributed by atoms with Gasteiger partial charge in [0.2, 0.25) is 0 Å². The van der Waals surface area contributed by atoms with Gasteiger partial charge >= 0.3 is 0 Å². The van der Waals surface area contributed by atoms with Crippen LogP contribution in [-0.2, 0) is 13.6 Å². The van der Waals surface area contributed by atoms with Gasteiger partial charge in [0.15, 0.2) is 29.1 Å². The van der Waals surface area contributed by atoms with Crippen molar-refractivity contribution in [2.45, 2.75) is 20.4 Å². The zero-order chi connectivity index (χ0) is 19.9. The highest BCUT2D eigenvalue weighted by molar-refractivity contribution is 6.05. The number of aromatic nitrogens is 4. The first kappa shape index (κ1) is 18.6. The Morgan fingerprint density at radius 1 is 1.11 bits per heavy atom. The number of hydrogen-bond donors (Lipinski definition) is 1. The zero-order valence-electron chi connectivity index (χ0n) is 14.6. The summed E-state index contributed by atoms with van der Waals surface area (Å²) in [5.41, 5.74) is 0.777. The molecule has 1 N–H and O–H groups in total. The fourth-order valence-corrected chi connectivity index (χ4v) is 2.72. The summed E-state index contributed by atoms with van der Waals surface area (Å²) >= 11 is 0. The van der Waals surface area contributed by atoms with E-state index in [4.69, 9.17) is 0 Å². The first-order chi connectivity index (χ1) is 12.7. The lowest BCUT2D eigenvalue weighted by molar-refractivity contribution is 0.102. The molecule has 0 atom stereocenters. The molecule has 0 aliphatic carbocycles. The fraction of sp³-hybridized carbons (Fsp3) is 0.235. The highest BCUT2D eigenvalue weighted by Crippen LogP contribution is 2.21. The summed E-state index contributed by atoms with van der Waals surface area (Å²) in [7, 11) is 1.70. The second kappa shape index (κ2) is 6.86. The number of halogens is 4. The van der Waals surface area contributed by atoms with Gasteiger partial charge in [-0.1, -0.05) is 0 Å². The highest BCUT2D eigenvalue weighted by Gasteiger charge is 2.21. The van der Waals surface area contributed by atoms with Crippen molar-refractivity contribution in [2.75, 3.05) is 5.32 Å². The van der Waals surface area contributed by atoms with E-state index >= 15 is 0 Å². The molecule has 0 aliphatic heterocycles. The van der Waals surface area contributed by atoms with Gasteiger partial charge in [0.25, 0.3) is 5.91 Å². The Morgan fingerprint density at radius 2 is 1.74 bits per heavy atom. The molecule has 3 rings (SSSR count). The molecule has 3 aromatic rings. The van der Waals surface area contributed by atoms with Crippen LogP contribution in [0.1, 0.15) is 27.3 Å². The number of nitrogens with one attached hydrogen (secondary N) is 1. The summed E-state index contributed by atoms with van der Waals surface area (Å²) in [5, 5.41) is 10.7. The molecule has 1 amide bonds. The topological polar surface area (TPSA) is 64.7 Å². The zero-order valence-corrected chi connectivity index (χ0v) is 14.6. The van der Waals surface area contributed by atoms with Gasteiger partial charge in [0, 0.05) is 31.1 Å². The lowest BCUT2D eigenvalue weighted by Gasteiger charge is -2.07. The number of carbonyl (C=O) groups excluding carboxylic acids is 1. The quantitative estimate of drug-likeness (QED) is 0.558. The molecule has 2 heterocycles. The molecule has 0 saturated heterocycles. The number of hydrogen-bond acceptors (Lipinski definition) is 3. The van der Waals surface area contributed by atoms with Gasteiger partial charge < -0.3 is 5.32 Å². The number of amides is 1. The van der Waals surface area contributed by atoms with E-state index in [1.807, 2.05) is 0 Å². The van der Waals surface area contributed by atoms with Crippen LogP contribution in [0.25, 0.3) is 0 Å². The third-order valence-corrected chi connectivity index (χ3v) is 4.14. The van der Waals surface area contributed by atoms with Gasteiger partial charge in [-0.05, 0) is 13.8 Å². The summed E-state index contributed by atoms with van der Waals surface area (Å²) in [6, 6.07) is 1.53. The molecule has 10 heteroatoms. The van der Waals surface area contributed by atoms with Crippen molar-refractivity contribution < 1.29 is 22.4 Å². The molecule has 1 aromatic carbocycles. The predicted octanol–water partition coefficient (Wildman–Crippen LogP) is 3.09. The smallest absolute Gasteiger partial charge is 0.260 e. The van der Waals surface area contributed by atoms with Crippen LogP contribution in [0.2, 0.25) is 0 Å². The van der Waals surface area contributed by atoms with Gasteiger partial charge in [0.1, 0.15) is 0 Å². The molecule has 6 nitrogen and oxygen atoms in total. The van der Waals surface area contributed by atoms with E-state index in [9.17, 15) is 22.4 Å². The van der Waals surface area contributed by atoms with Crippen molar-refractivity contribution in [2.24, 2.45) is 7.05 Å². The summed E-state index contributed by atoms with van der Waals surface area (Å²) in [6.07, 6.45) is 1.32. The third-order valence-electron chi connectivity index (χ3n) is 4.14. The molecule has 0 bridgehead atoms. The van der Waals surface area contributed by atoms with Crippen LogP contribution in [-0.4, -0.2) is 25.5 Å². The summed E-state index contributed by atoms with van der Waals surface area (Å²) in [4.78, 5) is 12.4. The Kier molecular flexibility index (Phi) is 4.73. The third kappa shape index (κ3) is 3.42. The van der Waals surface area contributed by atoms with Crippen LogP contribution in [0.3, 0.4) is 0 Å². The van der Waals surface area contributed by atoms with Crippen LogP contribution >= 0.6 is 0 Å². The van der Waals surface area contributed by atoms with E-state index < -0.39 is 41.3 Å². The van der Waals surface area contributed by atoms with E-state index in [0.717, 1.165) is 4.68 Å². The van der Waals surface area contributed by atoms with Crippen molar-refractivity contribution in [3.05, 3.63) is 64.1 Å². The average molecular weight is 381 g/mol. The van der Waals surface area contributed by atoms with Gasteiger partial charge in [-0.3, -0.25) is 14.2 Å². The summed E-state index contributed by atoms with van der Waals surface area (Å²) < 4.78 is 56.7. The molecule has 142 valence electrons. The minimum atomic E-state index is -1.49. The lowest BCUT2D eigenvalue weighted by atomic mass is 10.2. The van der Waals surface area contributed by atoms with Crippen molar-refractivity contribution in [3.8, 4) is 0 Å². The number of rotatable bonds is 4. The number of carbonyl (C=O) groups is 1. The monoisotopic (exact) mass is 381 g/mol. The second-order valence-electron chi connectivity index (χ2n) is 5.97. The Labute approximate surface area is 151 Å². The Hall–Kier alpha value is -3.17. The molecule has 0 aliphatic rings. The molecule has 0 radical (unpaired) electrons. The number of anilines is 1. The molecule has 0 spiro atoms. The molecular weight excluding hydrogens is 366 g/mol. The summed E-state index contributed by atoms with van der Waals surface area (Å²) in [5.74, 6) is -6.30. The Bertz CT molecular complexity index is 1010. The standard InChI is InChI=1S/C17H15F4N5O/c1-8-14(9(2)25(3)23-8)17(27)22-13-4-5-26(24-13)7-10-15(20)11(18)6-12(19)16(10)21/h4-6H,7H2,1-3H3,(H,22,24,27). The molecule has 27 heavy (non-hydrogen) atoms. The SMILES string of the molecule is Cc1nn(C)c(C)c1C(=O)Nc1ccn(Cc2c(F)c(F)cc(F)c2F)n1. The normalized spacial score (nSPS) is 11.1. The minimum Gasteiger partial charge on any atom is -0.305 e. The number of aryl methyl sites for hydroxylation is 2. The van der Waals surface area contributed by atoms with Crippen LogP contribution in [0, 0.1) is 37.1 Å². The van der Waals surface area contributed by atoms with Crippen molar-refractivity contribution in [1.82, 2.24) is 19.6 Å². The first-order valence-corrected chi connectivity index (χ1v) is 7.86. The van der Waals surface area contributed by atoms with Gasteiger partial charge in [-0.25, -0.2) is 17.6 Å². The van der Waals surface area contributed by atoms with E-state index in [1.54, 1.807) is 25.6 Å². The summed E-state index contributed by atoms with van der Waals surface area (Å²) in [6.45, 7) is 2.87. The van der Waals surface area contributed by atoms with Crippen LogP contribution in [0.4, 0.5) is 23.4 Å². The lowest BCUT2D eigenvalue weighted by Crippen LogP contribution is -2.15. The predicted molar refractivity (Wildman–Crippen MR) is 88.2 cm³/mol. The van der Waals surface area contributed by atoms with Crippen LogP contribution < -0.4 is 5.32 Å². The van der Waals surface area contributed by atoms with Gasteiger partial charge in [-0.2, -0.15) is 10.2 Å². The van der Waals surface area contributed by atoms with E-state index in [0.29, 0.717) is 17.0 Å². The maximum Gasteiger partial charge on any atom is 0.260 e. The first-order valence-electron chi connectivity index (χ1n) is 7.86. The maximum atomic E-state index is 13.8. The minimum absolute atomic E-state index is 0.111. The Morgan fingerprint density at radius 3 is 2.30 bits per heavy atom. The molecule has 2 aromatic heterocycles. The number of benzene rings is 1. The average Bonchev–Trinajstić information content (AvgIpc) is 3.13. The van der Waals surface area contributed by atoms with E-state index in [1.165, 1.54) is 12.3 Å². The highest BCUT2D eigenvalue weighted by atomic mass is 19.2. The maximum absolute atomic E-state index is 13.8. The van der Waals surface area contributed by atoms with Gasteiger partial charge in [0.05, 0.1) is 23.4 Å².